The summed E-state index contributed by atoms with van der Waals surface area (Å²) in [4.78, 5) is 8.04. The second-order valence-corrected chi connectivity index (χ2v) is 3.88. The molecule has 0 aliphatic heterocycles. The quantitative estimate of drug-likeness (QED) is 0.774. The molecule has 3 N–H and O–H groups in total. The van der Waals surface area contributed by atoms with Gasteiger partial charge >= 0.3 is 0 Å². The zero-order chi connectivity index (χ0) is 12.1. The van der Waals surface area contributed by atoms with E-state index in [-0.39, 0.29) is 11.3 Å². The average Bonchev–Trinajstić information content (AvgIpc) is 2.24. The summed E-state index contributed by atoms with van der Waals surface area (Å²) >= 11 is 5.78. The Morgan fingerprint density at radius 3 is 2.75 bits per heavy atom. The average molecular weight is 245 g/mol. The van der Waals surface area contributed by atoms with Crippen LogP contribution in [0.3, 0.4) is 0 Å². The summed E-state index contributed by atoms with van der Waals surface area (Å²) in [6.07, 6.45) is 0.911. The van der Waals surface area contributed by atoms with E-state index in [1.165, 1.54) is 0 Å². The van der Waals surface area contributed by atoms with Crippen LogP contribution in [0.25, 0.3) is 0 Å². The van der Waals surface area contributed by atoms with E-state index in [4.69, 9.17) is 22.1 Å². The van der Waals surface area contributed by atoms with Crippen LogP contribution in [-0.4, -0.2) is 29.7 Å². The van der Waals surface area contributed by atoms with Crippen molar-refractivity contribution >= 4 is 23.1 Å². The highest BCUT2D eigenvalue weighted by atomic mass is 35.5. The summed E-state index contributed by atoms with van der Waals surface area (Å²) < 4.78 is 5.09. The van der Waals surface area contributed by atoms with Gasteiger partial charge in [0, 0.05) is 7.11 Å². The first kappa shape index (κ1) is 13.0. The normalized spacial score (nSPS) is 12.5. The molecule has 1 aromatic rings. The third-order valence-corrected chi connectivity index (χ3v) is 2.48. The van der Waals surface area contributed by atoms with E-state index in [2.05, 4.69) is 22.2 Å². The fourth-order valence-corrected chi connectivity index (χ4v) is 1.52. The number of methoxy groups -OCH3 is 1. The Hall–Kier alpha value is -1.07. The van der Waals surface area contributed by atoms with Crippen LogP contribution in [0.15, 0.2) is 0 Å². The van der Waals surface area contributed by atoms with Crippen LogP contribution < -0.4 is 11.1 Å². The topological polar surface area (TPSA) is 73.1 Å². The molecule has 1 aromatic heterocycles. The minimum absolute atomic E-state index is 0.165. The number of nitrogens with two attached hydrogens (primary N) is 1. The Labute approximate surface area is 100 Å². The second-order valence-electron chi connectivity index (χ2n) is 3.55. The highest BCUT2D eigenvalue weighted by molar-refractivity contribution is 6.28. The SMILES string of the molecule is CCC(COC)Nc1nc(Cl)nc(C)c1N. The number of rotatable bonds is 5. The fraction of sp³-hybridized carbons (Fsp3) is 0.600. The Morgan fingerprint density at radius 1 is 1.50 bits per heavy atom. The van der Waals surface area contributed by atoms with Crippen molar-refractivity contribution in [1.29, 1.82) is 0 Å². The maximum Gasteiger partial charge on any atom is 0.224 e. The third kappa shape index (κ3) is 3.21. The maximum atomic E-state index is 5.86. The van der Waals surface area contributed by atoms with Gasteiger partial charge < -0.3 is 15.8 Å². The van der Waals surface area contributed by atoms with Gasteiger partial charge in [0.05, 0.1) is 24.0 Å². The van der Waals surface area contributed by atoms with Crippen molar-refractivity contribution < 1.29 is 4.74 Å². The molecule has 5 nitrogen and oxygen atoms in total. The van der Waals surface area contributed by atoms with E-state index >= 15 is 0 Å². The van der Waals surface area contributed by atoms with Gasteiger partial charge in [-0.15, -0.1) is 0 Å². The first-order valence-corrected chi connectivity index (χ1v) is 5.51. The van der Waals surface area contributed by atoms with E-state index in [0.29, 0.717) is 23.8 Å². The van der Waals surface area contributed by atoms with Gasteiger partial charge in [0.1, 0.15) is 0 Å². The van der Waals surface area contributed by atoms with Crippen LogP contribution in [-0.2, 0) is 4.74 Å². The van der Waals surface area contributed by atoms with Crippen molar-refractivity contribution in [1.82, 2.24) is 9.97 Å². The van der Waals surface area contributed by atoms with Crippen molar-refractivity contribution in [2.45, 2.75) is 26.3 Å². The van der Waals surface area contributed by atoms with Gasteiger partial charge in [0.25, 0.3) is 0 Å². The number of hydrogen-bond acceptors (Lipinski definition) is 5. The first-order valence-electron chi connectivity index (χ1n) is 5.13. The molecule has 0 spiro atoms. The lowest BCUT2D eigenvalue weighted by Gasteiger charge is -2.18. The Bertz CT molecular complexity index is 359. The fourth-order valence-electron chi connectivity index (χ4n) is 1.31. The lowest BCUT2D eigenvalue weighted by atomic mass is 10.2. The van der Waals surface area contributed by atoms with Crippen molar-refractivity contribution in [3.8, 4) is 0 Å². The summed E-state index contributed by atoms with van der Waals surface area (Å²) in [5.74, 6) is 0.571. The molecule has 1 rings (SSSR count). The number of aromatic nitrogens is 2. The monoisotopic (exact) mass is 244 g/mol. The van der Waals surface area contributed by atoms with E-state index in [9.17, 15) is 0 Å². The van der Waals surface area contributed by atoms with Crippen LogP contribution >= 0.6 is 11.6 Å². The molecule has 0 bridgehead atoms. The molecule has 0 aromatic carbocycles. The minimum Gasteiger partial charge on any atom is -0.394 e. The van der Waals surface area contributed by atoms with Gasteiger partial charge in [-0.3, -0.25) is 0 Å². The van der Waals surface area contributed by atoms with Crippen LogP contribution in [0.2, 0.25) is 5.28 Å². The molecule has 0 amide bonds. The minimum atomic E-state index is 0.165. The Morgan fingerprint density at radius 2 is 2.19 bits per heavy atom. The number of nitrogens with one attached hydrogen (secondary N) is 1. The molecule has 1 unspecified atom stereocenters. The number of nitrogen functional groups attached to an aromatic ring is 1. The van der Waals surface area contributed by atoms with Crippen LogP contribution in [0.4, 0.5) is 11.5 Å². The number of ether oxygens (including phenoxy) is 1. The molecule has 6 heteroatoms. The number of nitrogens with zero attached hydrogens (tertiary/aromatic N) is 2. The lowest BCUT2D eigenvalue weighted by Crippen LogP contribution is -2.25. The number of halogens is 1. The highest BCUT2D eigenvalue weighted by Crippen LogP contribution is 2.21. The van der Waals surface area contributed by atoms with Gasteiger partial charge in [-0.2, -0.15) is 4.98 Å². The van der Waals surface area contributed by atoms with E-state index in [1.807, 2.05) is 0 Å². The molecule has 0 aliphatic carbocycles. The molecule has 0 fully saturated rings. The van der Waals surface area contributed by atoms with Crippen LogP contribution in [0.5, 0.6) is 0 Å². The summed E-state index contributed by atoms with van der Waals surface area (Å²) in [6.45, 7) is 4.45. The molecular formula is C10H17ClN4O. The van der Waals surface area contributed by atoms with Crippen molar-refractivity contribution in [3.05, 3.63) is 11.0 Å². The maximum absolute atomic E-state index is 5.86. The zero-order valence-corrected chi connectivity index (χ0v) is 10.5. The molecule has 90 valence electrons. The predicted octanol–water partition coefficient (Wildman–Crippen LogP) is 1.86. The number of hydrogen-bond donors (Lipinski definition) is 2. The van der Waals surface area contributed by atoms with Gasteiger partial charge in [0.2, 0.25) is 5.28 Å². The van der Waals surface area contributed by atoms with Crippen molar-refractivity contribution in [3.63, 3.8) is 0 Å². The lowest BCUT2D eigenvalue weighted by molar-refractivity contribution is 0.184. The van der Waals surface area contributed by atoms with E-state index < -0.39 is 0 Å². The molecule has 0 radical (unpaired) electrons. The predicted molar refractivity (Wildman–Crippen MR) is 65.8 cm³/mol. The van der Waals surface area contributed by atoms with Crippen LogP contribution in [0, 0.1) is 6.92 Å². The third-order valence-electron chi connectivity index (χ3n) is 2.31. The van der Waals surface area contributed by atoms with Crippen LogP contribution in [0.1, 0.15) is 19.0 Å². The van der Waals surface area contributed by atoms with E-state index in [1.54, 1.807) is 14.0 Å². The standard InChI is InChI=1S/C10H17ClN4O/c1-4-7(5-16-3)14-9-8(12)6(2)13-10(11)15-9/h7H,4-5,12H2,1-3H3,(H,13,14,15). The summed E-state index contributed by atoms with van der Waals surface area (Å²) in [5.41, 5.74) is 7.07. The summed E-state index contributed by atoms with van der Waals surface area (Å²) in [7, 11) is 1.66. The van der Waals surface area contributed by atoms with Gasteiger partial charge in [-0.25, -0.2) is 4.98 Å². The van der Waals surface area contributed by atoms with Gasteiger partial charge in [-0.05, 0) is 24.9 Å². The molecule has 1 heterocycles. The molecule has 1 atom stereocenters. The Balaban J connectivity index is 2.87. The van der Waals surface area contributed by atoms with Gasteiger partial charge in [-0.1, -0.05) is 6.92 Å². The second kappa shape index (κ2) is 5.86. The Kier molecular flexibility index (Phi) is 4.76. The van der Waals surface area contributed by atoms with Crippen molar-refractivity contribution in [2.24, 2.45) is 0 Å². The summed E-state index contributed by atoms with van der Waals surface area (Å²) in [6, 6.07) is 0.165. The largest absolute Gasteiger partial charge is 0.394 e. The first-order chi connectivity index (χ1) is 7.58. The molecule has 16 heavy (non-hydrogen) atoms. The number of aryl methyl sites for hydroxylation is 1. The molecule has 0 aliphatic rings. The zero-order valence-electron chi connectivity index (χ0n) is 9.75. The number of anilines is 2. The molecule has 0 saturated carbocycles. The smallest absolute Gasteiger partial charge is 0.224 e. The van der Waals surface area contributed by atoms with Gasteiger partial charge in [0.15, 0.2) is 5.82 Å². The summed E-state index contributed by atoms with van der Waals surface area (Å²) in [5, 5.41) is 3.39. The van der Waals surface area contributed by atoms with E-state index in [0.717, 1.165) is 6.42 Å². The highest BCUT2D eigenvalue weighted by Gasteiger charge is 2.12. The van der Waals surface area contributed by atoms with Crippen molar-refractivity contribution in [2.75, 3.05) is 24.8 Å². The molecular weight excluding hydrogens is 228 g/mol. The molecule has 0 saturated heterocycles.